The minimum Gasteiger partial charge on any atom is -0.440 e. The predicted octanol–water partition coefficient (Wildman–Crippen LogP) is 7.08. The molecule has 0 bridgehead atoms. The maximum Gasteiger partial charge on any atom is 0.226 e. The van der Waals surface area contributed by atoms with Crippen molar-refractivity contribution in [3.05, 3.63) is 59.9 Å². The quantitative estimate of drug-likeness (QED) is 0.286. The predicted molar refractivity (Wildman–Crippen MR) is 169 cm³/mol. The molecule has 43 heavy (non-hydrogen) atoms. The van der Waals surface area contributed by atoms with Crippen molar-refractivity contribution >= 4 is 21.3 Å². The summed E-state index contributed by atoms with van der Waals surface area (Å²) in [4.78, 5) is 20.8. The summed E-state index contributed by atoms with van der Waals surface area (Å²) in [6, 6.07) is 18.9. The fourth-order valence-corrected chi connectivity index (χ4v) is 7.80. The van der Waals surface area contributed by atoms with Crippen LogP contribution in [0.15, 0.2) is 52.9 Å². The molecule has 1 aliphatic heterocycles. The number of hydrogen-bond acceptors (Lipinski definition) is 7. The van der Waals surface area contributed by atoms with Crippen LogP contribution in [0.5, 0.6) is 0 Å². The van der Waals surface area contributed by atoms with Crippen molar-refractivity contribution in [2.75, 3.05) is 29.5 Å². The molecule has 3 aliphatic rings. The summed E-state index contributed by atoms with van der Waals surface area (Å²) in [5.74, 6) is 1.55. The Kier molecular flexibility index (Phi) is 7.75. The molecular formula is C35H41N3O4S. The van der Waals surface area contributed by atoms with Crippen LogP contribution >= 0.6 is 0 Å². The first-order chi connectivity index (χ1) is 20.5. The number of rotatable bonds is 7. The SMILES string of the molecule is CC(C)(C)c1ccc(-c2nc(-c3ccc(N4CCS(=O)(=O)CC4)cc3)c([C@@H]3CCCC[C@H]3C(=O)CC3(C#N)CC3)o2)cc1. The summed E-state index contributed by atoms with van der Waals surface area (Å²) in [6.07, 6.45) is 5.62. The number of benzene rings is 2. The molecule has 2 atom stereocenters. The summed E-state index contributed by atoms with van der Waals surface area (Å²) in [5, 5.41) is 9.66. The molecule has 0 unspecified atom stereocenters. The van der Waals surface area contributed by atoms with Gasteiger partial charge in [-0.2, -0.15) is 5.26 Å². The van der Waals surface area contributed by atoms with Crippen LogP contribution in [-0.4, -0.2) is 43.8 Å². The molecule has 6 rings (SSSR count). The minimum atomic E-state index is -2.96. The molecule has 226 valence electrons. The highest BCUT2D eigenvalue weighted by atomic mass is 32.2. The molecule has 3 fully saturated rings. The van der Waals surface area contributed by atoms with Gasteiger partial charge in [0.25, 0.3) is 0 Å². The van der Waals surface area contributed by atoms with Gasteiger partial charge in [0, 0.05) is 48.2 Å². The van der Waals surface area contributed by atoms with Gasteiger partial charge in [0.2, 0.25) is 5.89 Å². The van der Waals surface area contributed by atoms with E-state index in [0.29, 0.717) is 25.4 Å². The van der Waals surface area contributed by atoms with Crippen molar-refractivity contribution in [3.63, 3.8) is 0 Å². The Balaban J connectivity index is 1.35. The van der Waals surface area contributed by atoms with Gasteiger partial charge < -0.3 is 9.32 Å². The first-order valence-corrected chi connectivity index (χ1v) is 17.4. The zero-order valence-corrected chi connectivity index (χ0v) is 26.3. The Morgan fingerprint density at radius 1 is 1.00 bits per heavy atom. The molecule has 1 saturated heterocycles. The van der Waals surface area contributed by atoms with Crippen LogP contribution in [0.25, 0.3) is 22.7 Å². The number of carbonyl (C=O) groups excluding carboxylic acids is 1. The second-order valence-electron chi connectivity index (χ2n) is 13.8. The third-order valence-electron chi connectivity index (χ3n) is 9.62. The van der Waals surface area contributed by atoms with Crippen LogP contribution in [0, 0.1) is 22.7 Å². The molecule has 2 saturated carbocycles. The third kappa shape index (κ3) is 6.28. The Morgan fingerprint density at radius 3 is 2.23 bits per heavy atom. The number of anilines is 1. The summed E-state index contributed by atoms with van der Waals surface area (Å²) in [6.45, 7) is 7.54. The summed E-state index contributed by atoms with van der Waals surface area (Å²) >= 11 is 0. The van der Waals surface area contributed by atoms with Crippen molar-refractivity contribution in [2.24, 2.45) is 11.3 Å². The fourth-order valence-electron chi connectivity index (χ4n) is 6.60. The van der Waals surface area contributed by atoms with E-state index < -0.39 is 15.3 Å². The average molecular weight is 600 g/mol. The van der Waals surface area contributed by atoms with Gasteiger partial charge in [-0.25, -0.2) is 13.4 Å². The monoisotopic (exact) mass is 599 g/mol. The Bertz CT molecular complexity index is 1620. The summed E-state index contributed by atoms with van der Waals surface area (Å²) in [7, 11) is -2.96. The van der Waals surface area contributed by atoms with Crippen LogP contribution < -0.4 is 4.90 Å². The molecule has 1 aromatic heterocycles. The van der Waals surface area contributed by atoms with Crippen molar-refractivity contribution < 1.29 is 17.6 Å². The standard InChI is InChI=1S/C35H41N3O4S/c1-34(2,3)26-12-8-25(9-13-26)33-37-31(24-10-14-27(15-11-24)38-18-20-43(40,41)21-19-38)32(42-33)29-7-5-4-6-28(29)30(39)22-35(23-36)16-17-35/h8-15,28-29H,4-7,16-22H2,1-3H3/t28-,29-/m1/s1. The number of aromatic nitrogens is 1. The maximum atomic E-state index is 13.7. The summed E-state index contributed by atoms with van der Waals surface area (Å²) < 4.78 is 30.5. The molecule has 0 radical (unpaired) electrons. The number of Topliss-reactive ketones (excluding diaryl/α,β-unsaturated/α-hetero) is 1. The molecule has 0 spiro atoms. The number of ketones is 1. The van der Waals surface area contributed by atoms with Crippen LogP contribution in [0.3, 0.4) is 0 Å². The largest absolute Gasteiger partial charge is 0.440 e. The van der Waals surface area contributed by atoms with Crippen LogP contribution in [0.4, 0.5) is 5.69 Å². The van der Waals surface area contributed by atoms with Gasteiger partial charge in [-0.15, -0.1) is 0 Å². The second kappa shape index (κ2) is 11.2. The molecule has 7 nitrogen and oxygen atoms in total. The van der Waals surface area contributed by atoms with Crippen molar-refractivity contribution in [3.8, 4) is 28.8 Å². The minimum absolute atomic E-state index is 0.0315. The maximum absolute atomic E-state index is 13.7. The highest BCUT2D eigenvalue weighted by Crippen LogP contribution is 2.51. The fraction of sp³-hybridized carbons (Fsp3) is 0.514. The van der Waals surface area contributed by atoms with E-state index in [9.17, 15) is 18.5 Å². The van der Waals surface area contributed by atoms with Crippen molar-refractivity contribution in [1.82, 2.24) is 4.98 Å². The van der Waals surface area contributed by atoms with Gasteiger partial charge in [-0.1, -0.05) is 57.9 Å². The Hall–Kier alpha value is -3.44. The van der Waals surface area contributed by atoms with Crippen molar-refractivity contribution in [1.29, 1.82) is 5.26 Å². The molecule has 2 aromatic carbocycles. The highest BCUT2D eigenvalue weighted by molar-refractivity contribution is 7.91. The lowest BCUT2D eigenvalue weighted by molar-refractivity contribution is -0.125. The van der Waals surface area contributed by atoms with Crippen LogP contribution in [-0.2, 0) is 20.0 Å². The highest BCUT2D eigenvalue weighted by Gasteiger charge is 2.47. The van der Waals surface area contributed by atoms with Gasteiger partial charge in [-0.3, -0.25) is 4.79 Å². The molecule has 8 heteroatoms. The van der Waals surface area contributed by atoms with Crippen LogP contribution in [0.1, 0.15) is 83.0 Å². The topological polar surface area (TPSA) is 104 Å². The molecule has 3 aromatic rings. The van der Waals surface area contributed by atoms with Gasteiger partial charge in [0.15, 0.2) is 9.84 Å². The third-order valence-corrected chi connectivity index (χ3v) is 11.2. The Morgan fingerprint density at radius 2 is 1.63 bits per heavy atom. The van der Waals surface area contributed by atoms with E-state index in [1.807, 2.05) is 24.3 Å². The molecule has 2 heterocycles. The molecule has 0 N–H and O–H groups in total. The lowest BCUT2D eigenvalue weighted by Crippen LogP contribution is -2.40. The van der Waals surface area contributed by atoms with Gasteiger partial charge in [0.1, 0.15) is 17.2 Å². The molecule has 2 aliphatic carbocycles. The smallest absolute Gasteiger partial charge is 0.226 e. The van der Waals surface area contributed by atoms with E-state index >= 15 is 0 Å². The van der Waals surface area contributed by atoms with E-state index in [1.165, 1.54) is 5.56 Å². The number of sulfone groups is 1. The zero-order valence-electron chi connectivity index (χ0n) is 25.4. The van der Waals surface area contributed by atoms with E-state index in [1.54, 1.807) is 0 Å². The van der Waals surface area contributed by atoms with E-state index in [0.717, 1.165) is 66.8 Å². The summed E-state index contributed by atoms with van der Waals surface area (Å²) in [5.41, 5.74) is 4.35. The van der Waals surface area contributed by atoms with E-state index in [2.05, 4.69) is 56.0 Å². The Labute approximate surface area is 255 Å². The number of nitrogens with zero attached hydrogens (tertiary/aromatic N) is 3. The van der Waals surface area contributed by atoms with Crippen molar-refractivity contribution in [2.45, 2.75) is 77.0 Å². The second-order valence-corrected chi connectivity index (χ2v) is 16.1. The molecule has 0 amide bonds. The van der Waals surface area contributed by atoms with E-state index in [-0.39, 0.29) is 34.5 Å². The number of nitriles is 1. The van der Waals surface area contributed by atoms with Gasteiger partial charge in [0.05, 0.1) is 23.0 Å². The number of oxazole rings is 1. The van der Waals surface area contributed by atoms with Gasteiger partial charge >= 0.3 is 0 Å². The lowest BCUT2D eigenvalue weighted by Gasteiger charge is -2.30. The van der Waals surface area contributed by atoms with Crippen LogP contribution in [0.2, 0.25) is 0 Å². The first-order valence-electron chi connectivity index (χ1n) is 15.6. The average Bonchev–Trinajstić information content (AvgIpc) is 3.63. The number of carbonyl (C=O) groups is 1. The normalized spacial score (nSPS) is 23.0. The number of hydrogen-bond donors (Lipinski definition) is 0. The first kappa shape index (κ1) is 29.6. The van der Waals surface area contributed by atoms with E-state index in [4.69, 9.17) is 9.40 Å². The van der Waals surface area contributed by atoms with Gasteiger partial charge in [-0.05, 0) is 60.9 Å². The zero-order chi connectivity index (χ0) is 30.4. The lowest BCUT2D eigenvalue weighted by atomic mass is 9.73. The molecular weight excluding hydrogens is 558 g/mol.